The Hall–Kier alpha value is -1.26. The summed E-state index contributed by atoms with van der Waals surface area (Å²) in [6.45, 7) is 3.65. The third kappa shape index (κ3) is 3.15. The van der Waals surface area contributed by atoms with Gasteiger partial charge in [-0.05, 0) is 31.3 Å². The number of rotatable bonds is 4. The fraction of sp³-hybridized carbons (Fsp3) is 0.571. The highest BCUT2D eigenvalue weighted by Crippen LogP contribution is 2.21. The standard InChI is InChI=1S/C14H23N3O/c1-15-10-14-11-17(8-9-18-14)13-6-4-12(5-7-13)16(2)3/h4-7,14-15H,8-11H2,1-3H3. The van der Waals surface area contributed by atoms with Gasteiger partial charge in [-0.1, -0.05) is 0 Å². The fourth-order valence-electron chi connectivity index (χ4n) is 2.27. The van der Waals surface area contributed by atoms with E-state index in [0.29, 0.717) is 0 Å². The van der Waals surface area contributed by atoms with Gasteiger partial charge in [0.1, 0.15) is 0 Å². The van der Waals surface area contributed by atoms with Crippen molar-refractivity contribution in [2.24, 2.45) is 0 Å². The molecule has 1 heterocycles. The summed E-state index contributed by atoms with van der Waals surface area (Å²) in [5.74, 6) is 0. The van der Waals surface area contributed by atoms with Gasteiger partial charge in [-0.2, -0.15) is 0 Å². The van der Waals surface area contributed by atoms with E-state index < -0.39 is 0 Å². The maximum Gasteiger partial charge on any atom is 0.0874 e. The first-order chi connectivity index (χ1) is 8.70. The topological polar surface area (TPSA) is 27.7 Å². The Bertz CT molecular complexity index is 362. The minimum absolute atomic E-state index is 0.289. The molecule has 100 valence electrons. The predicted octanol–water partition coefficient (Wildman–Crippen LogP) is 1.18. The summed E-state index contributed by atoms with van der Waals surface area (Å²) in [5, 5.41) is 3.18. The van der Waals surface area contributed by atoms with Crippen molar-refractivity contribution in [1.29, 1.82) is 0 Å². The Morgan fingerprint density at radius 3 is 2.67 bits per heavy atom. The Kier molecular flexibility index (Phi) is 4.44. The van der Waals surface area contributed by atoms with Crippen LogP contribution in [0.3, 0.4) is 0 Å². The van der Waals surface area contributed by atoms with Crippen LogP contribution in [-0.4, -0.2) is 53.5 Å². The number of nitrogens with zero attached hydrogens (tertiary/aromatic N) is 2. The van der Waals surface area contributed by atoms with Gasteiger partial charge in [-0.25, -0.2) is 0 Å². The first-order valence-corrected chi connectivity index (χ1v) is 6.49. The van der Waals surface area contributed by atoms with Crippen molar-refractivity contribution in [1.82, 2.24) is 5.32 Å². The summed E-state index contributed by atoms with van der Waals surface area (Å²) in [6.07, 6.45) is 0.289. The largest absolute Gasteiger partial charge is 0.378 e. The lowest BCUT2D eigenvalue weighted by Crippen LogP contribution is -2.46. The zero-order valence-electron chi connectivity index (χ0n) is 11.5. The van der Waals surface area contributed by atoms with E-state index >= 15 is 0 Å². The highest BCUT2D eigenvalue weighted by atomic mass is 16.5. The molecule has 1 aromatic rings. The fourth-order valence-corrected chi connectivity index (χ4v) is 2.27. The van der Waals surface area contributed by atoms with Gasteiger partial charge in [-0.15, -0.1) is 0 Å². The van der Waals surface area contributed by atoms with Crippen LogP contribution in [0.1, 0.15) is 0 Å². The number of ether oxygens (including phenoxy) is 1. The molecule has 4 heteroatoms. The molecule has 1 atom stereocenters. The molecular weight excluding hydrogens is 226 g/mol. The molecule has 0 radical (unpaired) electrons. The molecule has 18 heavy (non-hydrogen) atoms. The van der Waals surface area contributed by atoms with Gasteiger partial charge in [-0.3, -0.25) is 0 Å². The van der Waals surface area contributed by atoms with Gasteiger partial charge >= 0.3 is 0 Å². The number of nitrogens with one attached hydrogen (secondary N) is 1. The molecule has 0 aromatic heterocycles. The van der Waals surface area contributed by atoms with Crippen LogP contribution in [0.5, 0.6) is 0 Å². The van der Waals surface area contributed by atoms with Crippen LogP contribution in [0.25, 0.3) is 0 Å². The lowest BCUT2D eigenvalue weighted by Gasteiger charge is -2.34. The average Bonchev–Trinajstić information content (AvgIpc) is 2.39. The second-order valence-corrected chi connectivity index (χ2v) is 4.91. The van der Waals surface area contributed by atoms with E-state index in [2.05, 4.69) is 53.5 Å². The molecule has 0 saturated carbocycles. The summed E-state index contributed by atoms with van der Waals surface area (Å²) < 4.78 is 5.72. The van der Waals surface area contributed by atoms with E-state index in [1.807, 2.05) is 7.05 Å². The molecule has 1 aliphatic heterocycles. The Balaban J connectivity index is 2.02. The van der Waals surface area contributed by atoms with E-state index in [0.717, 1.165) is 26.2 Å². The quantitative estimate of drug-likeness (QED) is 0.867. The van der Waals surface area contributed by atoms with Crippen LogP contribution >= 0.6 is 0 Å². The number of anilines is 2. The van der Waals surface area contributed by atoms with Gasteiger partial charge in [0.25, 0.3) is 0 Å². The smallest absolute Gasteiger partial charge is 0.0874 e. The minimum atomic E-state index is 0.289. The molecule has 1 N–H and O–H groups in total. The summed E-state index contributed by atoms with van der Waals surface area (Å²) >= 11 is 0. The van der Waals surface area contributed by atoms with Gasteiger partial charge < -0.3 is 19.9 Å². The molecule has 1 aliphatic rings. The molecule has 2 rings (SSSR count). The van der Waals surface area contributed by atoms with Crippen LogP contribution in [0.15, 0.2) is 24.3 Å². The number of likely N-dealkylation sites (N-methyl/N-ethyl adjacent to an activating group) is 1. The van der Waals surface area contributed by atoms with Crippen molar-refractivity contribution >= 4 is 11.4 Å². The first-order valence-electron chi connectivity index (χ1n) is 6.49. The second kappa shape index (κ2) is 6.07. The van der Waals surface area contributed by atoms with Gasteiger partial charge in [0.15, 0.2) is 0 Å². The van der Waals surface area contributed by atoms with Crippen LogP contribution < -0.4 is 15.1 Å². The molecule has 0 spiro atoms. The normalized spacial score (nSPS) is 19.9. The van der Waals surface area contributed by atoms with E-state index in [1.54, 1.807) is 0 Å². The van der Waals surface area contributed by atoms with Crippen LogP contribution in [0, 0.1) is 0 Å². The Morgan fingerprint density at radius 1 is 1.33 bits per heavy atom. The highest BCUT2D eigenvalue weighted by Gasteiger charge is 2.19. The lowest BCUT2D eigenvalue weighted by atomic mass is 10.2. The third-order valence-corrected chi connectivity index (χ3v) is 3.30. The highest BCUT2D eigenvalue weighted by molar-refractivity contribution is 5.56. The van der Waals surface area contributed by atoms with Gasteiger partial charge in [0.05, 0.1) is 12.7 Å². The third-order valence-electron chi connectivity index (χ3n) is 3.30. The van der Waals surface area contributed by atoms with Gasteiger partial charge in [0, 0.05) is 45.1 Å². The van der Waals surface area contributed by atoms with Crippen molar-refractivity contribution in [2.45, 2.75) is 6.10 Å². The number of hydrogen-bond acceptors (Lipinski definition) is 4. The molecule has 1 fully saturated rings. The average molecular weight is 249 g/mol. The second-order valence-electron chi connectivity index (χ2n) is 4.91. The van der Waals surface area contributed by atoms with E-state index in [4.69, 9.17) is 4.74 Å². The number of morpholine rings is 1. The van der Waals surface area contributed by atoms with Crippen molar-refractivity contribution in [3.8, 4) is 0 Å². The van der Waals surface area contributed by atoms with Crippen molar-refractivity contribution < 1.29 is 4.74 Å². The summed E-state index contributed by atoms with van der Waals surface area (Å²) in [7, 11) is 6.09. The van der Waals surface area contributed by atoms with Gasteiger partial charge in [0.2, 0.25) is 0 Å². The van der Waals surface area contributed by atoms with Crippen LogP contribution in [-0.2, 0) is 4.74 Å². The maximum atomic E-state index is 5.72. The molecular formula is C14H23N3O. The predicted molar refractivity (Wildman–Crippen MR) is 76.6 cm³/mol. The Morgan fingerprint density at radius 2 is 2.06 bits per heavy atom. The van der Waals surface area contributed by atoms with E-state index in [9.17, 15) is 0 Å². The summed E-state index contributed by atoms with van der Waals surface area (Å²) in [6, 6.07) is 8.71. The number of hydrogen-bond donors (Lipinski definition) is 1. The zero-order valence-corrected chi connectivity index (χ0v) is 11.5. The van der Waals surface area contributed by atoms with E-state index in [1.165, 1.54) is 11.4 Å². The Labute approximate surface area is 110 Å². The van der Waals surface area contributed by atoms with Crippen LogP contribution in [0.2, 0.25) is 0 Å². The maximum absolute atomic E-state index is 5.72. The molecule has 4 nitrogen and oxygen atoms in total. The van der Waals surface area contributed by atoms with E-state index in [-0.39, 0.29) is 6.10 Å². The van der Waals surface area contributed by atoms with Crippen molar-refractivity contribution in [3.63, 3.8) is 0 Å². The molecule has 0 aliphatic carbocycles. The molecule has 1 aromatic carbocycles. The zero-order chi connectivity index (χ0) is 13.0. The molecule has 1 unspecified atom stereocenters. The SMILES string of the molecule is CNCC1CN(c2ccc(N(C)C)cc2)CCO1. The molecule has 1 saturated heterocycles. The molecule has 0 amide bonds. The molecule has 0 bridgehead atoms. The van der Waals surface area contributed by atoms with Crippen molar-refractivity contribution in [3.05, 3.63) is 24.3 Å². The summed E-state index contributed by atoms with van der Waals surface area (Å²) in [4.78, 5) is 4.51. The van der Waals surface area contributed by atoms with Crippen LogP contribution in [0.4, 0.5) is 11.4 Å². The lowest BCUT2D eigenvalue weighted by molar-refractivity contribution is 0.0422. The van der Waals surface area contributed by atoms with Crippen molar-refractivity contribution in [2.75, 3.05) is 57.2 Å². The monoisotopic (exact) mass is 249 g/mol. The summed E-state index contributed by atoms with van der Waals surface area (Å²) in [5.41, 5.74) is 2.52. The minimum Gasteiger partial charge on any atom is -0.378 e. The number of benzene rings is 1. The first kappa shape index (κ1) is 13.2.